The van der Waals surface area contributed by atoms with Crippen molar-refractivity contribution in [3.05, 3.63) is 164 Å². The maximum Gasteiger partial charge on any atom is 0.0973 e. The molecule has 0 bridgehead atoms. The molecule has 0 fully saturated rings. The summed E-state index contributed by atoms with van der Waals surface area (Å²) in [5.41, 5.74) is 11.2. The number of para-hydroxylation sites is 4. The van der Waals surface area contributed by atoms with Crippen LogP contribution < -0.4 is 4.90 Å². The van der Waals surface area contributed by atoms with Gasteiger partial charge in [0.2, 0.25) is 0 Å². The van der Waals surface area contributed by atoms with E-state index >= 15 is 0 Å². The highest BCUT2D eigenvalue weighted by atomic mass is 15.1. The molecule has 1 heterocycles. The first kappa shape index (κ1) is 24.5. The van der Waals surface area contributed by atoms with Gasteiger partial charge in [-0.3, -0.25) is 0 Å². The highest BCUT2D eigenvalue weighted by Crippen LogP contribution is 2.37. The van der Waals surface area contributed by atoms with Crippen molar-refractivity contribution in [1.82, 2.24) is 9.97 Å². The molecule has 41 heavy (non-hydrogen) atoms. The Labute approximate surface area is 240 Å². The second-order valence-electron chi connectivity index (χ2n) is 9.91. The highest BCUT2D eigenvalue weighted by molar-refractivity contribution is 5.87. The van der Waals surface area contributed by atoms with Crippen LogP contribution in [0.1, 0.15) is 0 Å². The predicted octanol–water partition coefficient (Wildman–Crippen LogP) is 10.1. The minimum atomic E-state index is 0.869. The molecule has 0 atom stereocenters. The minimum Gasteiger partial charge on any atom is -0.311 e. The Kier molecular flexibility index (Phi) is 6.52. The Morgan fingerprint density at radius 1 is 0.293 bits per heavy atom. The van der Waals surface area contributed by atoms with Gasteiger partial charge in [0.05, 0.1) is 22.4 Å². The first-order chi connectivity index (χ1) is 20.3. The van der Waals surface area contributed by atoms with Gasteiger partial charge in [0.1, 0.15) is 0 Å². The van der Waals surface area contributed by atoms with Crippen molar-refractivity contribution in [3.8, 4) is 33.6 Å². The molecule has 0 aliphatic carbocycles. The molecule has 7 rings (SSSR count). The summed E-state index contributed by atoms with van der Waals surface area (Å²) >= 11 is 0. The molecule has 0 N–H and O–H groups in total. The van der Waals surface area contributed by atoms with E-state index in [1.807, 2.05) is 42.5 Å². The lowest BCUT2D eigenvalue weighted by atomic mass is 9.99. The lowest BCUT2D eigenvalue weighted by molar-refractivity contribution is 1.27. The number of rotatable bonds is 6. The van der Waals surface area contributed by atoms with Crippen LogP contribution in [0.5, 0.6) is 0 Å². The van der Waals surface area contributed by atoms with Crippen molar-refractivity contribution >= 4 is 28.1 Å². The molecule has 0 amide bonds. The monoisotopic (exact) mass is 525 g/mol. The number of fused-ring (bicyclic) bond motifs is 1. The van der Waals surface area contributed by atoms with Gasteiger partial charge in [-0.25, -0.2) is 9.97 Å². The third kappa shape index (κ3) is 4.97. The molecular formula is C38H27N3. The lowest BCUT2D eigenvalue weighted by Crippen LogP contribution is -2.09. The van der Waals surface area contributed by atoms with Crippen molar-refractivity contribution in [2.24, 2.45) is 0 Å². The summed E-state index contributed by atoms with van der Waals surface area (Å²) in [5.74, 6) is 0. The molecule has 3 nitrogen and oxygen atoms in total. The van der Waals surface area contributed by atoms with Crippen molar-refractivity contribution in [2.45, 2.75) is 0 Å². The molecular weight excluding hydrogens is 498 g/mol. The van der Waals surface area contributed by atoms with E-state index in [4.69, 9.17) is 9.97 Å². The van der Waals surface area contributed by atoms with Crippen LogP contribution in [0.15, 0.2) is 164 Å². The molecule has 3 heteroatoms. The van der Waals surface area contributed by atoms with Gasteiger partial charge in [-0.2, -0.15) is 0 Å². The smallest absolute Gasteiger partial charge is 0.0973 e. The van der Waals surface area contributed by atoms with E-state index in [1.165, 1.54) is 11.1 Å². The molecule has 7 aromatic rings. The Balaban J connectivity index is 1.32. The Bertz CT molecular complexity index is 1860. The van der Waals surface area contributed by atoms with Gasteiger partial charge in [0, 0.05) is 28.2 Å². The maximum absolute atomic E-state index is 5.12. The molecule has 6 aromatic carbocycles. The van der Waals surface area contributed by atoms with Crippen LogP contribution in [-0.4, -0.2) is 9.97 Å². The standard InChI is InChI=1S/C38H27N3/c1-4-12-28(13-5-1)29-20-22-30(23-21-29)37-38(40-36-19-11-10-18-35(36)39-37)31-24-26-34(27-25-31)41(32-14-6-2-7-15-32)33-16-8-3-9-17-33/h1-27H. The first-order valence-electron chi connectivity index (χ1n) is 13.8. The van der Waals surface area contributed by atoms with Crippen molar-refractivity contribution in [1.29, 1.82) is 0 Å². The van der Waals surface area contributed by atoms with E-state index in [1.54, 1.807) is 0 Å². The first-order valence-corrected chi connectivity index (χ1v) is 13.8. The van der Waals surface area contributed by atoms with Crippen LogP contribution in [0.25, 0.3) is 44.7 Å². The lowest BCUT2D eigenvalue weighted by Gasteiger charge is -2.25. The van der Waals surface area contributed by atoms with Gasteiger partial charge >= 0.3 is 0 Å². The average Bonchev–Trinajstić information content (AvgIpc) is 3.06. The molecule has 0 spiro atoms. The summed E-state index contributed by atoms with van der Waals surface area (Å²) in [5, 5.41) is 0. The topological polar surface area (TPSA) is 29.0 Å². The molecule has 0 radical (unpaired) electrons. The third-order valence-corrected chi connectivity index (χ3v) is 7.26. The zero-order chi connectivity index (χ0) is 27.4. The highest BCUT2D eigenvalue weighted by Gasteiger charge is 2.16. The van der Waals surface area contributed by atoms with Crippen LogP contribution in [0, 0.1) is 0 Å². The largest absolute Gasteiger partial charge is 0.311 e. The summed E-state index contributed by atoms with van der Waals surface area (Å²) in [6.45, 7) is 0. The fourth-order valence-corrected chi connectivity index (χ4v) is 5.22. The molecule has 1 aromatic heterocycles. The van der Waals surface area contributed by atoms with Crippen molar-refractivity contribution in [3.63, 3.8) is 0 Å². The van der Waals surface area contributed by atoms with E-state index < -0.39 is 0 Å². The third-order valence-electron chi connectivity index (χ3n) is 7.26. The maximum atomic E-state index is 5.12. The zero-order valence-electron chi connectivity index (χ0n) is 22.4. The number of aromatic nitrogens is 2. The number of hydrogen-bond acceptors (Lipinski definition) is 3. The van der Waals surface area contributed by atoms with Gasteiger partial charge in [-0.15, -0.1) is 0 Å². The van der Waals surface area contributed by atoms with Gasteiger partial charge in [0.25, 0.3) is 0 Å². The Morgan fingerprint density at radius 2 is 0.634 bits per heavy atom. The molecule has 0 saturated heterocycles. The second kappa shape index (κ2) is 10.9. The van der Waals surface area contributed by atoms with E-state index in [2.05, 4.69) is 126 Å². The number of anilines is 3. The average molecular weight is 526 g/mol. The number of nitrogens with zero attached hydrogens (tertiary/aromatic N) is 3. The zero-order valence-corrected chi connectivity index (χ0v) is 22.4. The van der Waals surface area contributed by atoms with Crippen LogP contribution in [0.3, 0.4) is 0 Å². The SMILES string of the molecule is c1ccc(-c2ccc(-c3nc4ccccc4nc3-c3ccc(N(c4ccccc4)c4ccccc4)cc3)cc2)cc1. The summed E-state index contributed by atoms with van der Waals surface area (Å²) < 4.78 is 0. The van der Waals surface area contributed by atoms with Gasteiger partial charge in [-0.1, -0.05) is 115 Å². The van der Waals surface area contributed by atoms with Gasteiger partial charge in [-0.05, 0) is 59.7 Å². The summed E-state index contributed by atoms with van der Waals surface area (Å²) in [4.78, 5) is 12.5. The van der Waals surface area contributed by atoms with Crippen LogP contribution in [0.4, 0.5) is 17.1 Å². The molecule has 0 aliphatic rings. The molecule has 194 valence electrons. The van der Waals surface area contributed by atoms with Crippen molar-refractivity contribution < 1.29 is 0 Å². The van der Waals surface area contributed by atoms with E-state index in [9.17, 15) is 0 Å². The van der Waals surface area contributed by atoms with E-state index in [0.29, 0.717) is 0 Å². The number of hydrogen-bond donors (Lipinski definition) is 0. The van der Waals surface area contributed by atoms with Gasteiger partial charge < -0.3 is 4.90 Å². The summed E-state index contributed by atoms with van der Waals surface area (Å²) in [6, 6.07) is 56.6. The molecule has 0 unspecified atom stereocenters. The Morgan fingerprint density at radius 3 is 1.12 bits per heavy atom. The van der Waals surface area contributed by atoms with Crippen LogP contribution in [-0.2, 0) is 0 Å². The number of benzene rings is 6. The minimum absolute atomic E-state index is 0.869. The molecule has 0 aliphatic heterocycles. The van der Waals surface area contributed by atoms with Crippen molar-refractivity contribution in [2.75, 3.05) is 4.90 Å². The molecule has 0 saturated carbocycles. The fraction of sp³-hybridized carbons (Fsp3) is 0. The second-order valence-corrected chi connectivity index (χ2v) is 9.91. The Hall–Kier alpha value is -5.54. The summed E-state index contributed by atoms with van der Waals surface area (Å²) in [7, 11) is 0. The quantitative estimate of drug-likeness (QED) is 0.216. The van der Waals surface area contributed by atoms with Gasteiger partial charge in [0.15, 0.2) is 0 Å². The normalized spacial score (nSPS) is 10.9. The fourth-order valence-electron chi connectivity index (χ4n) is 5.22. The summed E-state index contributed by atoms with van der Waals surface area (Å²) in [6.07, 6.45) is 0. The van der Waals surface area contributed by atoms with Crippen LogP contribution >= 0.6 is 0 Å². The van der Waals surface area contributed by atoms with Crippen LogP contribution in [0.2, 0.25) is 0 Å². The predicted molar refractivity (Wildman–Crippen MR) is 171 cm³/mol. The van der Waals surface area contributed by atoms with E-state index in [0.717, 1.165) is 50.6 Å². The van der Waals surface area contributed by atoms with E-state index in [-0.39, 0.29) is 0 Å².